The van der Waals surface area contributed by atoms with Gasteiger partial charge in [0.25, 0.3) is 11.8 Å². The van der Waals surface area contributed by atoms with Gasteiger partial charge in [-0.15, -0.1) is 0 Å². The second-order valence-corrected chi connectivity index (χ2v) is 5.19. The number of benzene rings is 2. The van der Waals surface area contributed by atoms with Crippen molar-refractivity contribution in [3.05, 3.63) is 48.3 Å². The Kier molecular flexibility index (Phi) is 4.33. The first-order chi connectivity index (χ1) is 11.5. The van der Waals surface area contributed by atoms with E-state index in [9.17, 15) is 14.0 Å². The van der Waals surface area contributed by atoms with Gasteiger partial charge < -0.3 is 19.7 Å². The van der Waals surface area contributed by atoms with E-state index in [-0.39, 0.29) is 24.9 Å². The summed E-state index contributed by atoms with van der Waals surface area (Å²) >= 11 is 0. The number of fused-ring (bicyclic) bond motifs is 1. The molecule has 3 rings (SSSR count). The van der Waals surface area contributed by atoms with Gasteiger partial charge in [0.05, 0.1) is 5.69 Å². The lowest BCUT2D eigenvalue weighted by Gasteiger charge is -2.28. The zero-order chi connectivity index (χ0) is 17.1. The van der Waals surface area contributed by atoms with E-state index in [1.807, 2.05) is 0 Å². The summed E-state index contributed by atoms with van der Waals surface area (Å²) < 4.78 is 23.7. The fourth-order valence-corrected chi connectivity index (χ4v) is 2.34. The van der Waals surface area contributed by atoms with Crippen LogP contribution < -0.4 is 19.7 Å². The molecular formula is C17H15FN2O4. The van der Waals surface area contributed by atoms with Crippen molar-refractivity contribution in [1.29, 1.82) is 0 Å². The largest absolute Gasteiger partial charge is 0.484 e. The van der Waals surface area contributed by atoms with Crippen molar-refractivity contribution in [2.45, 2.75) is 0 Å². The molecule has 124 valence electrons. The number of nitrogens with one attached hydrogen (secondary N) is 1. The van der Waals surface area contributed by atoms with Gasteiger partial charge in [0.1, 0.15) is 23.0 Å². The van der Waals surface area contributed by atoms with Crippen LogP contribution in [-0.4, -0.2) is 32.1 Å². The standard InChI is InChI=1S/C17H15FN2O4/c1-20-16(22)10-24-14-7-3-6-13(17(14)20)19-15(21)9-23-12-5-2-4-11(18)8-12/h2-8H,9-10H2,1H3,(H,19,21). The zero-order valence-electron chi connectivity index (χ0n) is 12.9. The lowest BCUT2D eigenvalue weighted by atomic mass is 10.2. The molecule has 2 amide bonds. The Morgan fingerprint density at radius 1 is 1.33 bits per heavy atom. The predicted octanol–water partition coefficient (Wildman–Crippen LogP) is 2.20. The molecule has 0 radical (unpaired) electrons. The van der Waals surface area contributed by atoms with Crippen LogP contribution in [0.15, 0.2) is 42.5 Å². The normalized spacial score (nSPS) is 13.1. The first kappa shape index (κ1) is 15.8. The average molecular weight is 330 g/mol. The minimum atomic E-state index is -0.442. The molecule has 0 aliphatic carbocycles. The lowest BCUT2D eigenvalue weighted by Crippen LogP contribution is -2.36. The summed E-state index contributed by atoms with van der Waals surface area (Å²) in [6.07, 6.45) is 0. The van der Waals surface area contributed by atoms with Crippen molar-refractivity contribution in [3.8, 4) is 11.5 Å². The number of halogens is 1. The van der Waals surface area contributed by atoms with E-state index in [0.717, 1.165) is 0 Å². The number of amides is 2. The van der Waals surface area contributed by atoms with Crippen molar-refractivity contribution in [3.63, 3.8) is 0 Å². The van der Waals surface area contributed by atoms with E-state index in [4.69, 9.17) is 9.47 Å². The molecule has 1 aliphatic rings. The average Bonchev–Trinajstić information content (AvgIpc) is 2.57. The number of para-hydroxylation sites is 1. The second-order valence-electron chi connectivity index (χ2n) is 5.19. The number of carbonyl (C=O) groups excluding carboxylic acids is 2. The first-order valence-electron chi connectivity index (χ1n) is 7.25. The molecule has 7 heteroatoms. The second kappa shape index (κ2) is 6.57. The van der Waals surface area contributed by atoms with E-state index in [2.05, 4.69) is 5.32 Å². The van der Waals surface area contributed by atoms with Gasteiger partial charge >= 0.3 is 0 Å². The SMILES string of the molecule is CN1C(=O)COc2cccc(NC(=O)COc3cccc(F)c3)c21. The molecule has 0 fully saturated rings. The fourth-order valence-electron chi connectivity index (χ4n) is 2.34. The number of anilines is 2. The van der Waals surface area contributed by atoms with Crippen LogP contribution in [0.25, 0.3) is 0 Å². The highest BCUT2D eigenvalue weighted by molar-refractivity contribution is 6.04. The molecule has 24 heavy (non-hydrogen) atoms. The molecule has 0 unspecified atom stereocenters. The van der Waals surface area contributed by atoms with Crippen LogP contribution >= 0.6 is 0 Å². The van der Waals surface area contributed by atoms with Gasteiger partial charge in [-0.25, -0.2) is 4.39 Å². The Labute approximate surface area is 137 Å². The number of hydrogen-bond donors (Lipinski definition) is 1. The number of likely N-dealkylation sites (N-methyl/N-ethyl adjacent to an activating group) is 1. The van der Waals surface area contributed by atoms with Crippen LogP contribution in [0.4, 0.5) is 15.8 Å². The highest BCUT2D eigenvalue weighted by Gasteiger charge is 2.25. The quantitative estimate of drug-likeness (QED) is 0.933. The van der Waals surface area contributed by atoms with E-state index in [0.29, 0.717) is 17.1 Å². The smallest absolute Gasteiger partial charge is 0.264 e. The summed E-state index contributed by atoms with van der Waals surface area (Å²) in [6, 6.07) is 10.6. The Bertz CT molecular complexity index is 794. The maximum absolute atomic E-state index is 13.1. The van der Waals surface area contributed by atoms with Gasteiger partial charge in [0.15, 0.2) is 13.2 Å². The zero-order valence-corrected chi connectivity index (χ0v) is 12.9. The van der Waals surface area contributed by atoms with Gasteiger partial charge in [-0.2, -0.15) is 0 Å². The van der Waals surface area contributed by atoms with Crippen molar-refractivity contribution in [2.24, 2.45) is 0 Å². The third-order valence-corrected chi connectivity index (χ3v) is 3.50. The van der Waals surface area contributed by atoms with E-state index in [1.54, 1.807) is 31.3 Å². The van der Waals surface area contributed by atoms with Crippen molar-refractivity contribution >= 4 is 23.2 Å². The Morgan fingerprint density at radius 3 is 2.92 bits per heavy atom. The van der Waals surface area contributed by atoms with Crippen LogP contribution in [-0.2, 0) is 9.59 Å². The molecular weight excluding hydrogens is 315 g/mol. The predicted molar refractivity (Wildman–Crippen MR) is 85.9 cm³/mol. The number of rotatable bonds is 4. The molecule has 0 saturated heterocycles. The number of hydrogen-bond acceptors (Lipinski definition) is 4. The van der Waals surface area contributed by atoms with Gasteiger partial charge in [0, 0.05) is 13.1 Å². The maximum Gasteiger partial charge on any atom is 0.264 e. The molecule has 0 atom stereocenters. The van der Waals surface area contributed by atoms with E-state index in [1.165, 1.54) is 23.1 Å². The lowest BCUT2D eigenvalue weighted by molar-refractivity contribution is -0.121. The molecule has 0 bridgehead atoms. The molecule has 2 aromatic rings. The molecule has 0 spiro atoms. The summed E-state index contributed by atoms with van der Waals surface area (Å²) in [5.74, 6) is -0.307. The van der Waals surface area contributed by atoms with Gasteiger partial charge in [-0.3, -0.25) is 9.59 Å². The molecule has 6 nitrogen and oxygen atoms in total. The van der Waals surface area contributed by atoms with E-state index >= 15 is 0 Å². The van der Waals surface area contributed by atoms with Crippen LogP contribution in [0, 0.1) is 5.82 Å². The molecule has 1 N–H and O–H groups in total. The highest BCUT2D eigenvalue weighted by atomic mass is 19.1. The number of nitrogens with zero attached hydrogens (tertiary/aromatic N) is 1. The third-order valence-electron chi connectivity index (χ3n) is 3.50. The third kappa shape index (κ3) is 3.29. The minimum absolute atomic E-state index is 0.0381. The fraction of sp³-hybridized carbons (Fsp3) is 0.176. The minimum Gasteiger partial charge on any atom is -0.484 e. The Morgan fingerprint density at radius 2 is 2.12 bits per heavy atom. The first-order valence-corrected chi connectivity index (χ1v) is 7.25. The topological polar surface area (TPSA) is 67.9 Å². The Hall–Kier alpha value is -3.09. The highest BCUT2D eigenvalue weighted by Crippen LogP contribution is 2.37. The summed E-state index contributed by atoms with van der Waals surface area (Å²) in [5.41, 5.74) is 0.934. The van der Waals surface area contributed by atoms with Gasteiger partial charge in [-0.05, 0) is 24.3 Å². The molecule has 1 aliphatic heterocycles. The molecule has 1 heterocycles. The summed E-state index contributed by atoms with van der Waals surface area (Å²) in [7, 11) is 1.61. The van der Waals surface area contributed by atoms with Gasteiger partial charge in [0.2, 0.25) is 0 Å². The van der Waals surface area contributed by atoms with Crippen LogP contribution in [0.5, 0.6) is 11.5 Å². The maximum atomic E-state index is 13.1. The number of carbonyl (C=O) groups is 2. The van der Waals surface area contributed by atoms with Gasteiger partial charge in [-0.1, -0.05) is 12.1 Å². The molecule has 2 aromatic carbocycles. The van der Waals surface area contributed by atoms with Crippen molar-refractivity contribution in [1.82, 2.24) is 0 Å². The molecule has 0 aromatic heterocycles. The van der Waals surface area contributed by atoms with E-state index < -0.39 is 11.7 Å². The van der Waals surface area contributed by atoms with Crippen LogP contribution in [0.2, 0.25) is 0 Å². The summed E-state index contributed by atoms with van der Waals surface area (Å²) in [4.78, 5) is 25.3. The van der Waals surface area contributed by atoms with Crippen molar-refractivity contribution < 1.29 is 23.5 Å². The Balaban J connectivity index is 1.70. The van der Waals surface area contributed by atoms with Crippen molar-refractivity contribution in [2.75, 3.05) is 30.5 Å². The number of ether oxygens (including phenoxy) is 2. The summed E-state index contributed by atoms with van der Waals surface area (Å²) in [5, 5.41) is 2.67. The molecule has 0 saturated carbocycles. The van der Waals surface area contributed by atoms with Crippen LogP contribution in [0.3, 0.4) is 0 Å². The summed E-state index contributed by atoms with van der Waals surface area (Å²) in [6.45, 7) is -0.324. The van der Waals surface area contributed by atoms with Crippen LogP contribution in [0.1, 0.15) is 0 Å². The monoisotopic (exact) mass is 330 g/mol.